The Morgan fingerprint density at radius 3 is 2.53 bits per heavy atom. The number of piperidine rings is 1. The predicted octanol–water partition coefficient (Wildman–Crippen LogP) is 2.99. The molecule has 2 heteroatoms. The van der Waals surface area contributed by atoms with Crippen LogP contribution in [0, 0.1) is 6.92 Å². The molecule has 1 heterocycles. The summed E-state index contributed by atoms with van der Waals surface area (Å²) in [4.78, 5) is 2.43. The summed E-state index contributed by atoms with van der Waals surface area (Å²) in [5.74, 6) is 1.01. The van der Waals surface area contributed by atoms with Crippen LogP contribution >= 0.6 is 0 Å². The lowest BCUT2D eigenvalue weighted by Crippen LogP contribution is -2.29. The first-order valence-electron chi connectivity index (χ1n) is 5.71. The fourth-order valence-electron chi connectivity index (χ4n) is 2.18. The molecular formula is C13H19NO. The summed E-state index contributed by atoms with van der Waals surface area (Å²) in [7, 11) is 1.75. The third-order valence-electron chi connectivity index (χ3n) is 3.03. The Morgan fingerprint density at radius 1 is 1.13 bits per heavy atom. The lowest BCUT2D eigenvalue weighted by molar-refractivity contribution is 0.412. The topological polar surface area (TPSA) is 12.5 Å². The third kappa shape index (κ3) is 2.25. The van der Waals surface area contributed by atoms with Crippen LogP contribution in [-0.2, 0) is 0 Å². The molecule has 0 N–H and O–H groups in total. The van der Waals surface area contributed by atoms with E-state index in [0.29, 0.717) is 0 Å². The monoisotopic (exact) mass is 205 g/mol. The van der Waals surface area contributed by atoms with Crippen LogP contribution in [0.15, 0.2) is 18.2 Å². The minimum atomic E-state index is 1.01. The predicted molar refractivity (Wildman–Crippen MR) is 63.8 cm³/mol. The van der Waals surface area contributed by atoms with Gasteiger partial charge >= 0.3 is 0 Å². The van der Waals surface area contributed by atoms with Crippen LogP contribution in [0.1, 0.15) is 24.8 Å². The first kappa shape index (κ1) is 10.3. The van der Waals surface area contributed by atoms with E-state index < -0.39 is 0 Å². The highest BCUT2D eigenvalue weighted by atomic mass is 16.5. The van der Waals surface area contributed by atoms with Gasteiger partial charge in [0.05, 0.1) is 12.8 Å². The van der Waals surface area contributed by atoms with E-state index in [1.807, 2.05) is 0 Å². The van der Waals surface area contributed by atoms with Gasteiger partial charge in [0.2, 0.25) is 0 Å². The average molecular weight is 205 g/mol. The van der Waals surface area contributed by atoms with Crippen LogP contribution in [0.2, 0.25) is 0 Å². The van der Waals surface area contributed by atoms with Crippen molar-refractivity contribution in [2.45, 2.75) is 26.2 Å². The molecule has 2 nitrogen and oxygen atoms in total. The van der Waals surface area contributed by atoms with E-state index in [1.54, 1.807) is 7.11 Å². The lowest BCUT2D eigenvalue weighted by Gasteiger charge is -2.30. The normalized spacial score (nSPS) is 16.5. The number of aryl methyl sites for hydroxylation is 1. The highest BCUT2D eigenvalue weighted by molar-refractivity contribution is 5.59. The quantitative estimate of drug-likeness (QED) is 0.736. The van der Waals surface area contributed by atoms with E-state index >= 15 is 0 Å². The molecule has 0 spiro atoms. The number of ether oxygens (including phenoxy) is 1. The van der Waals surface area contributed by atoms with Crippen molar-refractivity contribution in [2.24, 2.45) is 0 Å². The van der Waals surface area contributed by atoms with E-state index in [0.717, 1.165) is 5.75 Å². The van der Waals surface area contributed by atoms with Crippen molar-refractivity contribution in [3.8, 4) is 5.75 Å². The fourth-order valence-corrected chi connectivity index (χ4v) is 2.18. The van der Waals surface area contributed by atoms with Crippen LogP contribution in [0.5, 0.6) is 5.75 Å². The van der Waals surface area contributed by atoms with Crippen molar-refractivity contribution in [3.05, 3.63) is 23.8 Å². The minimum Gasteiger partial charge on any atom is -0.495 e. The highest BCUT2D eigenvalue weighted by Crippen LogP contribution is 2.30. The molecule has 0 amide bonds. The van der Waals surface area contributed by atoms with Gasteiger partial charge in [-0.1, -0.05) is 6.07 Å². The summed E-state index contributed by atoms with van der Waals surface area (Å²) >= 11 is 0. The second kappa shape index (κ2) is 4.56. The third-order valence-corrected chi connectivity index (χ3v) is 3.03. The highest BCUT2D eigenvalue weighted by Gasteiger charge is 2.14. The van der Waals surface area contributed by atoms with Gasteiger partial charge in [0.25, 0.3) is 0 Å². The molecular weight excluding hydrogens is 186 g/mol. The molecule has 0 bridgehead atoms. The lowest BCUT2D eigenvalue weighted by atomic mass is 10.1. The zero-order valence-corrected chi connectivity index (χ0v) is 9.62. The van der Waals surface area contributed by atoms with Gasteiger partial charge in [0, 0.05) is 13.1 Å². The van der Waals surface area contributed by atoms with Gasteiger partial charge in [0.1, 0.15) is 5.75 Å². The average Bonchev–Trinajstić information content (AvgIpc) is 2.30. The largest absolute Gasteiger partial charge is 0.495 e. The number of methoxy groups -OCH3 is 1. The van der Waals surface area contributed by atoms with Gasteiger partial charge < -0.3 is 9.64 Å². The summed E-state index contributed by atoms with van der Waals surface area (Å²) in [6.07, 6.45) is 3.97. The Bertz CT molecular complexity index is 329. The van der Waals surface area contributed by atoms with Gasteiger partial charge in [-0.25, -0.2) is 0 Å². The first-order valence-corrected chi connectivity index (χ1v) is 5.71. The zero-order chi connectivity index (χ0) is 10.7. The van der Waals surface area contributed by atoms with Crippen LogP contribution in [-0.4, -0.2) is 20.2 Å². The van der Waals surface area contributed by atoms with E-state index in [-0.39, 0.29) is 0 Å². The van der Waals surface area contributed by atoms with Crippen LogP contribution in [0.4, 0.5) is 5.69 Å². The Morgan fingerprint density at radius 2 is 1.87 bits per heavy atom. The fraction of sp³-hybridized carbons (Fsp3) is 0.538. The standard InChI is InChI=1S/C13H19NO/c1-11-6-7-12(13(10-11)15-2)14-8-4-3-5-9-14/h6-7,10H,3-5,8-9H2,1-2H3. The van der Waals surface area contributed by atoms with Crippen molar-refractivity contribution in [3.63, 3.8) is 0 Å². The van der Waals surface area contributed by atoms with Crippen molar-refractivity contribution in [1.29, 1.82) is 0 Å². The number of hydrogen-bond acceptors (Lipinski definition) is 2. The van der Waals surface area contributed by atoms with Gasteiger partial charge in [-0.15, -0.1) is 0 Å². The summed E-state index contributed by atoms with van der Waals surface area (Å²) in [5, 5.41) is 0. The van der Waals surface area contributed by atoms with Gasteiger partial charge in [-0.3, -0.25) is 0 Å². The summed E-state index contributed by atoms with van der Waals surface area (Å²) in [5.41, 5.74) is 2.51. The van der Waals surface area contributed by atoms with E-state index in [2.05, 4.69) is 30.0 Å². The molecule has 0 atom stereocenters. The van der Waals surface area contributed by atoms with Crippen LogP contribution < -0.4 is 9.64 Å². The summed E-state index contributed by atoms with van der Waals surface area (Å²) < 4.78 is 5.44. The van der Waals surface area contributed by atoms with Crippen LogP contribution in [0.3, 0.4) is 0 Å². The summed E-state index contributed by atoms with van der Waals surface area (Å²) in [6.45, 7) is 4.43. The second-order valence-electron chi connectivity index (χ2n) is 4.22. The van der Waals surface area contributed by atoms with E-state index in [4.69, 9.17) is 4.74 Å². The molecule has 1 fully saturated rings. The molecule has 0 aromatic heterocycles. The molecule has 82 valence electrons. The van der Waals surface area contributed by atoms with Gasteiger partial charge in [0.15, 0.2) is 0 Å². The molecule has 1 aromatic carbocycles. The van der Waals surface area contributed by atoms with Gasteiger partial charge in [-0.2, -0.15) is 0 Å². The molecule has 1 aromatic rings. The number of benzene rings is 1. The first-order chi connectivity index (χ1) is 7.31. The van der Waals surface area contributed by atoms with Crippen molar-refractivity contribution >= 4 is 5.69 Å². The molecule has 0 unspecified atom stereocenters. The molecule has 1 aliphatic heterocycles. The van der Waals surface area contributed by atoms with Crippen molar-refractivity contribution in [1.82, 2.24) is 0 Å². The molecule has 0 radical (unpaired) electrons. The molecule has 0 saturated carbocycles. The van der Waals surface area contributed by atoms with Crippen LogP contribution in [0.25, 0.3) is 0 Å². The van der Waals surface area contributed by atoms with E-state index in [1.165, 1.54) is 43.6 Å². The Labute approximate surface area is 91.9 Å². The Balaban J connectivity index is 2.25. The second-order valence-corrected chi connectivity index (χ2v) is 4.22. The number of hydrogen-bond donors (Lipinski definition) is 0. The number of nitrogens with zero attached hydrogens (tertiary/aromatic N) is 1. The number of rotatable bonds is 2. The van der Waals surface area contributed by atoms with Crippen molar-refractivity contribution in [2.75, 3.05) is 25.1 Å². The minimum absolute atomic E-state index is 1.01. The smallest absolute Gasteiger partial charge is 0.142 e. The molecule has 0 aliphatic carbocycles. The van der Waals surface area contributed by atoms with Crippen molar-refractivity contribution < 1.29 is 4.74 Å². The molecule has 1 aliphatic rings. The maximum atomic E-state index is 5.44. The number of anilines is 1. The molecule has 1 saturated heterocycles. The molecule has 2 rings (SSSR count). The van der Waals surface area contributed by atoms with E-state index in [9.17, 15) is 0 Å². The van der Waals surface area contributed by atoms with Gasteiger partial charge in [-0.05, 0) is 43.9 Å². The summed E-state index contributed by atoms with van der Waals surface area (Å²) in [6, 6.07) is 6.45. The SMILES string of the molecule is COc1cc(C)ccc1N1CCCCC1. The Kier molecular flexibility index (Phi) is 3.14. The maximum Gasteiger partial charge on any atom is 0.142 e. The Hall–Kier alpha value is -1.18. The zero-order valence-electron chi connectivity index (χ0n) is 9.62. The molecule has 15 heavy (non-hydrogen) atoms. The maximum absolute atomic E-state index is 5.44.